The lowest BCUT2D eigenvalue weighted by atomic mass is 10.1. The summed E-state index contributed by atoms with van der Waals surface area (Å²) in [6, 6.07) is 11.5. The minimum Gasteiger partial charge on any atom is -0.318 e. The lowest BCUT2D eigenvalue weighted by molar-refractivity contribution is -0.383. The minimum absolute atomic E-state index is 0.0745. The van der Waals surface area contributed by atoms with E-state index in [9.17, 15) is 24.5 Å². The summed E-state index contributed by atoms with van der Waals surface area (Å²) in [6.07, 6.45) is 0. The SMILES string of the molecule is CC(=O)c1ccc(NC(=O)C(=O)Nc2ccccc2[N+](=O)[O-])cc1. The van der Waals surface area contributed by atoms with Crippen molar-refractivity contribution in [3.8, 4) is 0 Å². The predicted octanol–water partition coefficient (Wildman–Crippen LogP) is 2.37. The molecule has 2 N–H and O–H groups in total. The monoisotopic (exact) mass is 327 g/mol. The number of nitro benzene ring substituents is 1. The van der Waals surface area contributed by atoms with Gasteiger partial charge in [-0.2, -0.15) is 0 Å². The molecule has 0 fully saturated rings. The van der Waals surface area contributed by atoms with Crippen molar-refractivity contribution >= 4 is 34.7 Å². The van der Waals surface area contributed by atoms with Crippen LogP contribution in [-0.4, -0.2) is 22.5 Å². The van der Waals surface area contributed by atoms with Crippen molar-refractivity contribution in [2.45, 2.75) is 6.92 Å². The Morgan fingerprint density at radius 2 is 1.50 bits per heavy atom. The fraction of sp³-hybridized carbons (Fsp3) is 0.0625. The highest BCUT2D eigenvalue weighted by atomic mass is 16.6. The van der Waals surface area contributed by atoms with Crippen LogP contribution in [0.3, 0.4) is 0 Å². The van der Waals surface area contributed by atoms with Crippen LogP contribution in [0.25, 0.3) is 0 Å². The summed E-state index contributed by atoms with van der Waals surface area (Å²) in [7, 11) is 0. The highest BCUT2D eigenvalue weighted by Crippen LogP contribution is 2.23. The fourth-order valence-corrected chi connectivity index (χ4v) is 1.89. The summed E-state index contributed by atoms with van der Waals surface area (Å²) in [5.41, 5.74) is 0.402. The van der Waals surface area contributed by atoms with Crippen LogP contribution >= 0.6 is 0 Å². The third-order valence-electron chi connectivity index (χ3n) is 3.10. The molecule has 0 saturated carbocycles. The molecular weight excluding hydrogens is 314 g/mol. The Hall–Kier alpha value is -3.55. The third kappa shape index (κ3) is 4.01. The fourth-order valence-electron chi connectivity index (χ4n) is 1.89. The standard InChI is InChI=1S/C16H13N3O5/c1-10(20)11-6-8-12(9-7-11)17-15(21)16(22)18-13-4-2-3-5-14(13)19(23)24/h2-9H,1H3,(H,17,21)(H,18,22). The Morgan fingerprint density at radius 3 is 2.08 bits per heavy atom. The Bertz CT molecular complexity index is 815. The van der Waals surface area contributed by atoms with Gasteiger partial charge in [0.2, 0.25) is 0 Å². The molecule has 0 bridgehead atoms. The van der Waals surface area contributed by atoms with Gasteiger partial charge < -0.3 is 10.6 Å². The first-order valence-electron chi connectivity index (χ1n) is 6.85. The molecule has 2 aromatic rings. The van der Waals surface area contributed by atoms with Crippen molar-refractivity contribution in [2.75, 3.05) is 10.6 Å². The maximum atomic E-state index is 11.9. The van der Waals surface area contributed by atoms with Gasteiger partial charge >= 0.3 is 11.8 Å². The van der Waals surface area contributed by atoms with E-state index >= 15 is 0 Å². The molecule has 8 heteroatoms. The molecule has 0 atom stereocenters. The van der Waals surface area contributed by atoms with Crippen molar-refractivity contribution in [3.05, 3.63) is 64.2 Å². The first-order chi connectivity index (χ1) is 11.4. The number of ketones is 1. The van der Waals surface area contributed by atoms with Crippen LogP contribution in [0.4, 0.5) is 17.1 Å². The van der Waals surface area contributed by atoms with Crippen LogP contribution in [-0.2, 0) is 9.59 Å². The molecule has 0 saturated heterocycles. The largest absolute Gasteiger partial charge is 0.318 e. The second kappa shape index (κ2) is 7.14. The first kappa shape index (κ1) is 16.8. The number of benzene rings is 2. The van der Waals surface area contributed by atoms with E-state index < -0.39 is 16.7 Å². The first-order valence-corrected chi connectivity index (χ1v) is 6.85. The molecule has 2 aromatic carbocycles. The number of carbonyl (C=O) groups excluding carboxylic acids is 3. The molecule has 8 nitrogen and oxygen atoms in total. The third-order valence-corrected chi connectivity index (χ3v) is 3.10. The molecule has 122 valence electrons. The van der Waals surface area contributed by atoms with Crippen LogP contribution in [0.2, 0.25) is 0 Å². The number of nitro groups is 1. The van der Waals surface area contributed by atoms with Gasteiger partial charge in [-0.05, 0) is 37.3 Å². The Labute approximate surface area is 136 Å². The van der Waals surface area contributed by atoms with Crippen LogP contribution < -0.4 is 10.6 Å². The van der Waals surface area contributed by atoms with Crippen molar-refractivity contribution in [2.24, 2.45) is 0 Å². The number of anilines is 2. The zero-order chi connectivity index (χ0) is 17.7. The van der Waals surface area contributed by atoms with Gasteiger partial charge in [0.1, 0.15) is 5.69 Å². The van der Waals surface area contributed by atoms with E-state index in [-0.39, 0.29) is 17.2 Å². The number of amides is 2. The summed E-state index contributed by atoms with van der Waals surface area (Å²) in [5, 5.41) is 15.4. The smallest absolute Gasteiger partial charge is 0.314 e. The number of para-hydroxylation sites is 2. The number of rotatable bonds is 4. The van der Waals surface area contributed by atoms with E-state index in [4.69, 9.17) is 0 Å². The molecule has 0 aliphatic heterocycles. The molecule has 0 aromatic heterocycles. The van der Waals surface area contributed by atoms with E-state index in [0.717, 1.165) is 0 Å². The summed E-state index contributed by atoms with van der Waals surface area (Å²) in [6.45, 7) is 1.41. The number of carbonyl (C=O) groups is 3. The van der Waals surface area contributed by atoms with Crippen molar-refractivity contribution in [1.29, 1.82) is 0 Å². The van der Waals surface area contributed by atoms with E-state index in [1.54, 1.807) is 0 Å². The average molecular weight is 327 g/mol. The highest BCUT2D eigenvalue weighted by Gasteiger charge is 2.19. The molecule has 0 heterocycles. The molecule has 0 spiro atoms. The summed E-state index contributed by atoms with van der Waals surface area (Å²) < 4.78 is 0. The summed E-state index contributed by atoms with van der Waals surface area (Å²) in [4.78, 5) is 45.1. The number of nitrogens with one attached hydrogen (secondary N) is 2. The van der Waals surface area contributed by atoms with Gasteiger partial charge in [-0.1, -0.05) is 12.1 Å². The van der Waals surface area contributed by atoms with Crippen molar-refractivity contribution in [3.63, 3.8) is 0 Å². The Morgan fingerprint density at radius 1 is 0.917 bits per heavy atom. The van der Waals surface area contributed by atoms with E-state index in [0.29, 0.717) is 11.3 Å². The van der Waals surface area contributed by atoms with Gasteiger partial charge in [0.05, 0.1) is 4.92 Å². The molecule has 0 radical (unpaired) electrons. The highest BCUT2D eigenvalue weighted by molar-refractivity contribution is 6.43. The van der Waals surface area contributed by atoms with Gasteiger partial charge in [-0.25, -0.2) is 0 Å². The molecule has 0 aliphatic carbocycles. The molecule has 24 heavy (non-hydrogen) atoms. The maximum absolute atomic E-state index is 11.9. The molecule has 0 unspecified atom stereocenters. The number of hydrogen-bond donors (Lipinski definition) is 2. The van der Waals surface area contributed by atoms with Gasteiger partial charge in [-0.3, -0.25) is 24.5 Å². The predicted molar refractivity (Wildman–Crippen MR) is 86.8 cm³/mol. The zero-order valence-electron chi connectivity index (χ0n) is 12.6. The van der Waals surface area contributed by atoms with Gasteiger partial charge in [0, 0.05) is 17.3 Å². The van der Waals surface area contributed by atoms with Crippen molar-refractivity contribution < 1.29 is 19.3 Å². The second-order valence-electron chi connectivity index (χ2n) is 4.82. The van der Waals surface area contributed by atoms with Gasteiger partial charge in [0.25, 0.3) is 5.69 Å². The topological polar surface area (TPSA) is 118 Å². The quantitative estimate of drug-likeness (QED) is 0.387. The average Bonchev–Trinajstić information content (AvgIpc) is 2.55. The minimum atomic E-state index is -1.04. The Kier molecular flexibility index (Phi) is 5.00. The van der Waals surface area contributed by atoms with Crippen LogP contribution in [0.15, 0.2) is 48.5 Å². The normalized spacial score (nSPS) is 9.88. The van der Waals surface area contributed by atoms with E-state index in [1.165, 1.54) is 55.5 Å². The molecule has 2 rings (SSSR count). The lowest BCUT2D eigenvalue weighted by Crippen LogP contribution is -2.29. The van der Waals surface area contributed by atoms with E-state index in [1.807, 2.05) is 0 Å². The zero-order valence-corrected chi connectivity index (χ0v) is 12.6. The van der Waals surface area contributed by atoms with Crippen molar-refractivity contribution in [1.82, 2.24) is 0 Å². The lowest BCUT2D eigenvalue weighted by Gasteiger charge is -2.07. The van der Waals surface area contributed by atoms with Crippen LogP contribution in [0.5, 0.6) is 0 Å². The molecule has 0 aliphatic rings. The number of hydrogen-bond acceptors (Lipinski definition) is 5. The Balaban J connectivity index is 2.06. The van der Waals surface area contributed by atoms with E-state index in [2.05, 4.69) is 10.6 Å². The maximum Gasteiger partial charge on any atom is 0.314 e. The van der Waals surface area contributed by atoms with Crippen LogP contribution in [0, 0.1) is 10.1 Å². The number of Topliss-reactive ketones (excluding diaryl/α,β-unsaturated/α-hetero) is 1. The van der Waals surface area contributed by atoms with Gasteiger partial charge in [-0.15, -0.1) is 0 Å². The summed E-state index contributed by atoms with van der Waals surface area (Å²) in [5.74, 6) is -2.15. The molecule has 2 amide bonds. The second-order valence-corrected chi connectivity index (χ2v) is 4.82. The van der Waals surface area contributed by atoms with Crippen LogP contribution in [0.1, 0.15) is 17.3 Å². The van der Waals surface area contributed by atoms with Gasteiger partial charge in [0.15, 0.2) is 5.78 Å². The molecular formula is C16H13N3O5. The number of nitrogens with zero attached hydrogens (tertiary/aromatic N) is 1. The summed E-state index contributed by atoms with van der Waals surface area (Å²) >= 11 is 0.